The van der Waals surface area contributed by atoms with E-state index < -0.39 is 0 Å². The van der Waals surface area contributed by atoms with Gasteiger partial charge in [-0.3, -0.25) is 0 Å². The maximum atomic E-state index is 6.51. The van der Waals surface area contributed by atoms with Crippen LogP contribution in [0.4, 0.5) is 0 Å². The highest BCUT2D eigenvalue weighted by molar-refractivity contribution is 7.05. The summed E-state index contributed by atoms with van der Waals surface area (Å²) in [4.78, 5) is 1.22. The topological polar surface area (TPSA) is 51.8 Å². The average molecular weight is 267 g/mol. The first-order valence-corrected chi connectivity index (χ1v) is 7.86. The number of nitrogens with zero attached hydrogens (tertiary/aromatic N) is 2. The molecule has 18 heavy (non-hydrogen) atoms. The van der Waals surface area contributed by atoms with E-state index in [0.29, 0.717) is 5.92 Å². The average Bonchev–Trinajstić information content (AvgIpc) is 2.64. The SMILES string of the molecule is CC(C)(C)c1nnsc1C(N)C1CCCCCC1. The second kappa shape index (κ2) is 5.66. The highest BCUT2D eigenvalue weighted by Gasteiger charge is 2.29. The Kier molecular flexibility index (Phi) is 4.38. The van der Waals surface area contributed by atoms with Crippen LogP contribution in [-0.4, -0.2) is 9.59 Å². The molecule has 1 aliphatic carbocycles. The summed E-state index contributed by atoms with van der Waals surface area (Å²) >= 11 is 1.50. The molecule has 1 aliphatic rings. The van der Waals surface area contributed by atoms with E-state index in [-0.39, 0.29) is 11.5 Å². The summed E-state index contributed by atoms with van der Waals surface area (Å²) in [5.41, 5.74) is 7.66. The molecule has 102 valence electrons. The van der Waals surface area contributed by atoms with Crippen LogP contribution < -0.4 is 5.73 Å². The fourth-order valence-corrected chi connectivity index (χ4v) is 3.78. The van der Waals surface area contributed by atoms with Gasteiger partial charge in [-0.2, -0.15) is 0 Å². The standard InChI is InChI=1S/C14H25N3S/c1-14(2,3)13-12(18-17-16-13)11(15)10-8-6-4-5-7-9-10/h10-11H,4-9,15H2,1-3H3. The van der Waals surface area contributed by atoms with Crippen LogP contribution in [-0.2, 0) is 5.41 Å². The first kappa shape index (κ1) is 13.9. The second-order valence-electron chi connectivity index (χ2n) is 6.51. The molecule has 0 radical (unpaired) electrons. The minimum Gasteiger partial charge on any atom is -0.323 e. The maximum Gasteiger partial charge on any atom is 0.0857 e. The Hall–Kier alpha value is -0.480. The molecule has 1 unspecified atom stereocenters. The number of hydrogen-bond acceptors (Lipinski definition) is 4. The molecule has 1 fully saturated rings. The molecule has 0 aliphatic heterocycles. The molecule has 0 bridgehead atoms. The Balaban J connectivity index is 2.17. The van der Waals surface area contributed by atoms with Crippen LogP contribution in [0.2, 0.25) is 0 Å². The van der Waals surface area contributed by atoms with Crippen molar-refractivity contribution in [1.29, 1.82) is 0 Å². The fourth-order valence-electron chi connectivity index (χ4n) is 2.82. The molecule has 3 nitrogen and oxygen atoms in total. The zero-order valence-electron chi connectivity index (χ0n) is 11.8. The predicted octanol–water partition coefficient (Wildman–Crippen LogP) is 3.81. The molecule has 1 aromatic heterocycles. The molecular formula is C14H25N3S. The summed E-state index contributed by atoms with van der Waals surface area (Å²) < 4.78 is 4.14. The number of aromatic nitrogens is 2. The van der Waals surface area contributed by atoms with Crippen LogP contribution >= 0.6 is 11.5 Å². The van der Waals surface area contributed by atoms with Crippen LogP contribution in [0.15, 0.2) is 0 Å². The molecule has 0 amide bonds. The van der Waals surface area contributed by atoms with E-state index in [0.717, 1.165) is 5.69 Å². The van der Waals surface area contributed by atoms with E-state index in [4.69, 9.17) is 5.73 Å². The lowest BCUT2D eigenvalue weighted by Crippen LogP contribution is -2.24. The number of rotatable bonds is 2. The van der Waals surface area contributed by atoms with Gasteiger partial charge in [-0.15, -0.1) is 5.10 Å². The second-order valence-corrected chi connectivity index (χ2v) is 7.30. The lowest BCUT2D eigenvalue weighted by molar-refractivity contribution is 0.380. The van der Waals surface area contributed by atoms with Crippen molar-refractivity contribution in [3.63, 3.8) is 0 Å². The van der Waals surface area contributed by atoms with Crippen molar-refractivity contribution < 1.29 is 0 Å². The highest BCUT2D eigenvalue weighted by Crippen LogP contribution is 2.37. The molecule has 2 N–H and O–H groups in total. The van der Waals surface area contributed by atoms with Gasteiger partial charge in [0.25, 0.3) is 0 Å². The number of nitrogens with two attached hydrogens (primary N) is 1. The minimum atomic E-state index is 0.0463. The normalized spacial score (nSPS) is 20.7. The van der Waals surface area contributed by atoms with Gasteiger partial charge >= 0.3 is 0 Å². The summed E-state index contributed by atoms with van der Waals surface area (Å²) in [5, 5.41) is 4.32. The summed E-state index contributed by atoms with van der Waals surface area (Å²) in [5.74, 6) is 0.621. The van der Waals surface area contributed by atoms with Gasteiger partial charge < -0.3 is 5.73 Å². The zero-order valence-corrected chi connectivity index (χ0v) is 12.6. The van der Waals surface area contributed by atoms with Crippen molar-refractivity contribution in [3.05, 3.63) is 10.6 Å². The van der Waals surface area contributed by atoms with E-state index in [9.17, 15) is 0 Å². The van der Waals surface area contributed by atoms with Crippen molar-refractivity contribution in [1.82, 2.24) is 9.59 Å². The predicted molar refractivity (Wildman–Crippen MR) is 76.7 cm³/mol. The quantitative estimate of drug-likeness (QED) is 0.829. The molecule has 4 heteroatoms. The summed E-state index contributed by atoms with van der Waals surface area (Å²) in [7, 11) is 0. The van der Waals surface area contributed by atoms with Gasteiger partial charge in [0.1, 0.15) is 0 Å². The summed E-state index contributed by atoms with van der Waals surface area (Å²) in [6, 6.07) is 0.136. The van der Waals surface area contributed by atoms with Gasteiger partial charge in [-0.05, 0) is 30.3 Å². The van der Waals surface area contributed by atoms with Gasteiger partial charge in [0.2, 0.25) is 0 Å². The first-order chi connectivity index (χ1) is 8.50. The summed E-state index contributed by atoms with van der Waals surface area (Å²) in [6.07, 6.45) is 7.93. The molecule has 0 spiro atoms. The van der Waals surface area contributed by atoms with Gasteiger partial charge in [-0.25, -0.2) is 0 Å². The highest BCUT2D eigenvalue weighted by atomic mass is 32.1. The Labute approximate surface area is 114 Å². The third-order valence-electron chi connectivity index (χ3n) is 3.93. The van der Waals surface area contributed by atoms with Crippen molar-refractivity contribution >= 4 is 11.5 Å². The fraction of sp³-hybridized carbons (Fsp3) is 0.857. The number of hydrogen-bond donors (Lipinski definition) is 1. The molecule has 0 aromatic carbocycles. The molecule has 0 saturated heterocycles. The van der Waals surface area contributed by atoms with E-state index in [1.54, 1.807) is 0 Å². The first-order valence-electron chi connectivity index (χ1n) is 7.08. The Morgan fingerprint density at radius 1 is 1.17 bits per heavy atom. The van der Waals surface area contributed by atoms with Crippen molar-refractivity contribution in [3.8, 4) is 0 Å². The molecule has 2 rings (SSSR count). The molecule has 1 heterocycles. The van der Waals surface area contributed by atoms with Crippen molar-refractivity contribution in [2.75, 3.05) is 0 Å². The van der Waals surface area contributed by atoms with E-state index in [2.05, 4.69) is 30.4 Å². The molecule has 1 aromatic rings. The monoisotopic (exact) mass is 267 g/mol. The van der Waals surface area contributed by atoms with E-state index in [1.807, 2.05) is 0 Å². The zero-order chi connectivity index (χ0) is 13.2. The lowest BCUT2D eigenvalue weighted by atomic mass is 9.85. The Morgan fingerprint density at radius 3 is 2.33 bits per heavy atom. The summed E-state index contributed by atoms with van der Waals surface area (Å²) in [6.45, 7) is 6.56. The van der Waals surface area contributed by atoms with Crippen LogP contribution in [0, 0.1) is 5.92 Å². The molecule has 1 atom stereocenters. The Bertz CT molecular complexity index is 373. The lowest BCUT2D eigenvalue weighted by Gasteiger charge is -2.24. The van der Waals surface area contributed by atoms with Crippen LogP contribution in [0.1, 0.15) is 75.9 Å². The van der Waals surface area contributed by atoms with Gasteiger partial charge in [0.05, 0.1) is 10.6 Å². The van der Waals surface area contributed by atoms with Crippen LogP contribution in [0.5, 0.6) is 0 Å². The molecular weight excluding hydrogens is 242 g/mol. The van der Waals surface area contributed by atoms with Gasteiger partial charge in [-0.1, -0.05) is 50.9 Å². The van der Waals surface area contributed by atoms with Crippen LogP contribution in [0.25, 0.3) is 0 Å². The van der Waals surface area contributed by atoms with Gasteiger partial charge in [0, 0.05) is 11.5 Å². The van der Waals surface area contributed by atoms with Crippen molar-refractivity contribution in [2.24, 2.45) is 11.7 Å². The van der Waals surface area contributed by atoms with Crippen LogP contribution in [0.3, 0.4) is 0 Å². The third-order valence-corrected chi connectivity index (χ3v) is 4.76. The van der Waals surface area contributed by atoms with Gasteiger partial charge in [0.15, 0.2) is 0 Å². The van der Waals surface area contributed by atoms with E-state index >= 15 is 0 Å². The maximum absolute atomic E-state index is 6.51. The van der Waals surface area contributed by atoms with Crippen molar-refractivity contribution in [2.45, 2.75) is 70.8 Å². The third kappa shape index (κ3) is 3.09. The smallest absolute Gasteiger partial charge is 0.0857 e. The minimum absolute atomic E-state index is 0.0463. The Morgan fingerprint density at radius 2 is 1.78 bits per heavy atom. The van der Waals surface area contributed by atoms with E-state index in [1.165, 1.54) is 54.9 Å². The largest absolute Gasteiger partial charge is 0.323 e. The molecule has 1 saturated carbocycles.